The Balaban J connectivity index is 0.000000160. The maximum atomic E-state index is 12.0. The van der Waals surface area contributed by atoms with Gasteiger partial charge in [-0.1, -0.05) is 0 Å². The third-order valence-electron chi connectivity index (χ3n) is 9.41. The van der Waals surface area contributed by atoms with Crippen molar-refractivity contribution >= 4 is 58.0 Å². The smallest absolute Gasteiger partial charge is 0.358 e. The quantitative estimate of drug-likeness (QED) is 0.135. The van der Waals surface area contributed by atoms with Crippen LogP contribution in [0.15, 0.2) is 77.6 Å². The molecule has 20 heteroatoms. The average molecular weight is 867 g/mol. The summed E-state index contributed by atoms with van der Waals surface area (Å²) in [5, 5.41) is 15.1. The molecule has 0 bridgehead atoms. The summed E-state index contributed by atoms with van der Waals surface area (Å²) in [5.41, 5.74) is 1.39. The van der Waals surface area contributed by atoms with Crippen LogP contribution in [0, 0.1) is 0 Å². The lowest BCUT2D eigenvalue weighted by Gasteiger charge is -2.15. The summed E-state index contributed by atoms with van der Waals surface area (Å²) >= 11 is 0. The van der Waals surface area contributed by atoms with E-state index >= 15 is 0 Å². The Morgan fingerprint density at radius 3 is 1.63 bits per heavy atom. The SMILES string of the molecule is COC(=O)CN1C(=O)c2ccc(OC)cc2C1=O.COC(=O)c1[nH]c(=O)c2cc(OC)ccc2c1O.COc1ccc2c(c1)C(=O)NC2=O.COc1ccc2c(c1)C(=O)NCC2=O. The van der Waals surface area contributed by atoms with E-state index in [-0.39, 0.29) is 69.9 Å². The van der Waals surface area contributed by atoms with E-state index in [4.69, 9.17) is 18.9 Å². The number of amides is 5. The molecule has 0 saturated carbocycles. The zero-order chi connectivity index (χ0) is 46.1. The highest BCUT2D eigenvalue weighted by Gasteiger charge is 2.37. The van der Waals surface area contributed by atoms with E-state index in [1.807, 2.05) is 0 Å². The number of H-pyrrole nitrogens is 1. The second kappa shape index (κ2) is 19.7. The minimum absolute atomic E-state index is 0.0674. The lowest BCUT2D eigenvalue weighted by atomic mass is 9.99. The van der Waals surface area contributed by atoms with Crippen LogP contribution in [0.1, 0.15) is 72.6 Å². The third-order valence-corrected chi connectivity index (χ3v) is 9.41. The first-order chi connectivity index (χ1) is 30.1. The molecule has 3 aliphatic heterocycles. The molecule has 0 radical (unpaired) electrons. The summed E-state index contributed by atoms with van der Waals surface area (Å²) in [7, 11) is 8.33. The third kappa shape index (κ3) is 9.75. The molecule has 4 aromatic carbocycles. The Bertz CT molecular complexity index is 2760. The number of methoxy groups -OCH3 is 6. The van der Waals surface area contributed by atoms with Crippen molar-refractivity contribution < 1.29 is 71.9 Å². The van der Waals surface area contributed by atoms with E-state index in [9.17, 15) is 48.3 Å². The first-order valence-corrected chi connectivity index (χ1v) is 18.3. The van der Waals surface area contributed by atoms with Gasteiger partial charge < -0.3 is 43.8 Å². The molecule has 20 nitrogen and oxygen atoms in total. The van der Waals surface area contributed by atoms with Gasteiger partial charge in [-0.05, 0) is 72.8 Å². The number of aromatic amines is 1. The highest BCUT2D eigenvalue weighted by atomic mass is 16.5. The number of nitrogens with zero attached hydrogens (tertiary/aromatic N) is 1. The lowest BCUT2D eigenvalue weighted by Crippen LogP contribution is -2.36. The highest BCUT2D eigenvalue weighted by Crippen LogP contribution is 2.29. The van der Waals surface area contributed by atoms with Crippen molar-refractivity contribution in [3.63, 3.8) is 0 Å². The number of imide groups is 2. The van der Waals surface area contributed by atoms with Gasteiger partial charge in [-0.3, -0.25) is 48.6 Å². The maximum Gasteiger partial charge on any atom is 0.358 e. The summed E-state index contributed by atoms with van der Waals surface area (Å²) in [4.78, 5) is 106. The number of carbonyl (C=O) groups excluding carboxylic acids is 8. The number of esters is 2. The Labute approximate surface area is 356 Å². The van der Waals surface area contributed by atoms with Crippen LogP contribution in [0.2, 0.25) is 0 Å². The summed E-state index contributed by atoms with van der Waals surface area (Å²) < 4.78 is 28.8. The van der Waals surface area contributed by atoms with E-state index in [2.05, 4.69) is 25.1 Å². The Kier molecular flexibility index (Phi) is 14.2. The second-order valence-electron chi connectivity index (χ2n) is 13.0. The molecule has 0 saturated heterocycles. The molecule has 5 aromatic rings. The van der Waals surface area contributed by atoms with E-state index in [1.54, 1.807) is 48.5 Å². The minimum atomic E-state index is -0.803. The molecule has 5 amide bonds. The predicted octanol–water partition coefficient (Wildman–Crippen LogP) is 2.69. The van der Waals surface area contributed by atoms with Gasteiger partial charge in [0, 0.05) is 10.9 Å². The van der Waals surface area contributed by atoms with Crippen molar-refractivity contribution in [3.05, 3.63) is 122 Å². The zero-order valence-corrected chi connectivity index (χ0v) is 34.4. The van der Waals surface area contributed by atoms with Crippen LogP contribution in [0.4, 0.5) is 0 Å². The molecule has 4 heterocycles. The maximum absolute atomic E-state index is 12.0. The van der Waals surface area contributed by atoms with Gasteiger partial charge in [0.25, 0.3) is 35.1 Å². The molecule has 0 spiro atoms. The van der Waals surface area contributed by atoms with Gasteiger partial charge in [0.05, 0.1) is 82.4 Å². The lowest BCUT2D eigenvalue weighted by molar-refractivity contribution is -0.140. The van der Waals surface area contributed by atoms with E-state index in [0.29, 0.717) is 45.3 Å². The zero-order valence-electron chi connectivity index (χ0n) is 34.4. The van der Waals surface area contributed by atoms with Crippen molar-refractivity contribution in [1.29, 1.82) is 0 Å². The number of aromatic nitrogens is 1. The molecule has 0 fully saturated rings. The number of nitrogens with one attached hydrogen (secondary N) is 3. The molecule has 326 valence electrons. The van der Waals surface area contributed by atoms with Gasteiger partial charge in [-0.25, -0.2) is 4.79 Å². The van der Waals surface area contributed by atoms with E-state index in [1.165, 1.54) is 59.8 Å². The largest absolute Gasteiger partial charge is 0.505 e. The number of carbonyl (C=O) groups is 8. The fourth-order valence-corrected chi connectivity index (χ4v) is 6.11. The Morgan fingerprint density at radius 2 is 1.06 bits per heavy atom. The topological polar surface area (TPSA) is 272 Å². The minimum Gasteiger partial charge on any atom is -0.505 e. The van der Waals surface area contributed by atoms with Crippen LogP contribution in [0.3, 0.4) is 0 Å². The Hall–Kier alpha value is -8.55. The summed E-state index contributed by atoms with van der Waals surface area (Å²) in [6.45, 7) is -0.302. The van der Waals surface area contributed by atoms with Gasteiger partial charge in [0.1, 0.15) is 29.5 Å². The van der Waals surface area contributed by atoms with Crippen LogP contribution in [-0.4, -0.2) is 118 Å². The van der Waals surface area contributed by atoms with Crippen molar-refractivity contribution in [3.8, 4) is 28.7 Å². The molecule has 3 aliphatic rings. The molecule has 0 aliphatic carbocycles. The molecule has 8 rings (SSSR count). The van der Waals surface area contributed by atoms with Crippen LogP contribution < -0.4 is 35.1 Å². The number of Topliss-reactive ketones (excluding diaryl/α,β-unsaturated/α-hetero) is 1. The number of ether oxygens (including phenoxy) is 6. The number of aromatic hydroxyl groups is 1. The van der Waals surface area contributed by atoms with Gasteiger partial charge in [-0.15, -0.1) is 0 Å². The predicted molar refractivity (Wildman–Crippen MR) is 219 cm³/mol. The number of benzene rings is 4. The van der Waals surface area contributed by atoms with Crippen molar-refractivity contribution in [2.24, 2.45) is 0 Å². The second-order valence-corrected chi connectivity index (χ2v) is 13.0. The van der Waals surface area contributed by atoms with Crippen LogP contribution in [0.5, 0.6) is 28.7 Å². The summed E-state index contributed by atoms with van der Waals surface area (Å²) in [6.07, 6.45) is 0. The van der Waals surface area contributed by atoms with Crippen LogP contribution in [0.25, 0.3) is 10.8 Å². The van der Waals surface area contributed by atoms with Crippen molar-refractivity contribution in [2.45, 2.75) is 0 Å². The van der Waals surface area contributed by atoms with E-state index < -0.39 is 29.3 Å². The summed E-state index contributed by atoms with van der Waals surface area (Å²) in [6, 6.07) is 18.8. The number of hydrogen-bond donors (Lipinski definition) is 4. The summed E-state index contributed by atoms with van der Waals surface area (Å²) in [5.74, 6) is -1.66. The molecular weight excluding hydrogens is 828 g/mol. The highest BCUT2D eigenvalue weighted by molar-refractivity contribution is 6.23. The number of pyridine rings is 1. The van der Waals surface area contributed by atoms with Crippen LogP contribution in [-0.2, 0) is 14.3 Å². The van der Waals surface area contributed by atoms with Gasteiger partial charge in [-0.2, -0.15) is 0 Å². The number of fused-ring (bicyclic) bond motifs is 4. The fraction of sp³-hybridized carbons (Fsp3) is 0.186. The molecular formula is C43H38N4O16. The van der Waals surface area contributed by atoms with Gasteiger partial charge in [0.15, 0.2) is 17.2 Å². The van der Waals surface area contributed by atoms with Gasteiger partial charge in [0.2, 0.25) is 0 Å². The first-order valence-electron chi connectivity index (χ1n) is 18.3. The standard InChI is InChI=1S/2C12H11NO5.C10H9NO3.C9H7NO3/c1-17-7-3-4-8-9(5-7)12(16)13(11(8)15)6-10(14)18-2;1-17-6-3-4-7-8(5-6)11(15)13-9(10(7)14)12(16)18-2;1-14-6-2-3-7-8(4-6)10(13)11-5-9(7)12;1-13-5-2-3-6-7(4-5)9(12)10-8(6)11/h3-5H,6H2,1-2H3;3-5,14H,1-2H3,(H,13,15);2-4H,5H2,1H3,(H,11,13);2-4H,1H3,(H,10,11,12). The number of ketones is 1. The number of rotatable bonds is 7. The number of hydrogen-bond acceptors (Lipinski definition) is 16. The molecule has 1 aromatic heterocycles. The van der Waals surface area contributed by atoms with E-state index in [0.717, 1.165) is 12.0 Å². The Morgan fingerprint density at radius 1 is 0.571 bits per heavy atom. The molecule has 4 N–H and O–H groups in total. The van der Waals surface area contributed by atoms with Crippen LogP contribution >= 0.6 is 0 Å². The molecule has 0 unspecified atom stereocenters. The van der Waals surface area contributed by atoms with Gasteiger partial charge >= 0.3 is 11.9 Å². The molecule has 63 heavy (non-hydrogen) atoms. The first kappa shape index (κ1) is 45.5. The van der Waals surface area contributed by atoms with Crippen molar-refractivity contribution in [1.82, 2.24) is 20.5 Å². The normalized spacial score (nSPS) is 13.0. The van der Waals surface area contributed by atoms with Crippen molar-refractivity contribution in [2.75, 3.05) is 55.7 Å². The fourth-order valence-electron chi connectivity index (χ4n) is 6.11. The monoisotopic (exact) mass is 866 g/mol. The molecule has 0 atom stereocenters. The average Bonchev–Trinajstić information content (AvgIpc) is 3.73.